The molecule has 0 aromatic heterocycles. The molecular weight excluding hydrogens is 260 g/mol. The van der Waals surface area contributed by atoms with Crippen LogP contribution in [-0.2, 0) is 19.1 Å². The van der Waals surface area contributed by atoms with Gasteiger partial charge in [-0.1, -0.05) is 11.8 Å². The van der Waals surface area contributed by atoms with Gasteiger partial charge >= 0.3 is 11.9 Å². The van der Waals surface area contributed by atoms with E-state index in [4.69, 9.17) is 0 Å². The van der Waals surface area contributed by atoms with Crippen molar-refractivity contribution in [2.75, 3.05) is 14.2 Å². The minimum Gasteiger partial charge on any atom is -0.468 e. The number of aliphatic hydroxyl groups is 1. The molecule has 0 spiro atoms. The van der Waals surface area contributed by atoms with Crippen LogP contribution in [0.5, 0.6) is 0 Å². The molecule has 0 aliphatic heterocycles. The van der Waals surface area contributed by atoms with Crippen LogP contribution < -0.4 is 0 Å². The molecule has 0 saturated heterocycles. The molecule has 1 N–H and O–H groups in total. The summed E-state index contributed by atoms with van der Waals surface area (Å²) in [5.74, 6) is 8.99. The predicted octanol–water partition coefficient (Wildman–Crippen LogP) is 0.897. The summed E-state index contributed by atoms with van der Waals surface area (Å²) in [5.41, 5.74) is -2.81. The van der Waals surface area contributed by atoms with Gasteiger partial charge in [0, 0.05) is 12.8 Å². The number of ether oxygens (including phenoxy) is 2. The highest BCUT2D eigenvalue weighted by Crippen LogP contribution is 2.29. The van der Waals surface area contributed by atoms with Crippen molar-refractivity contribution in [1.82, 2.24) is 0 Å². The molecule has 0 aliphatic rings. The van der Waals surface area contributed by atoms with E-state index < -0.39 is 23.0 Å². The van der Waals surface area contributed by atoms with E-state index >= 15 is 0 Å². The molecule has 110 valence electrons. The van der Waals surface area contributed by atoms with Crippen molar-refractivity contribution >= 4 is 11.9 Å². The van der Waals surface area contributed by atoms with Gasteiger partial charge in [0.2, 0.25) is 0 Å². The largest absolute Gasteiger partial charge is 0.468 e. The monoisotopic (exact) mass is 280 g/mol. The molecule has 0 amide bonds. The first kappa shape index (κ1) is 18.0. The molecule has 0 heterocycles. The highest BCUT2D eigenvalue weighted by Gasteiger charge is 2.47. The maximum Gasteiger partial charge on any atom is 0.325 e. The molecule has 0 unspecified atom stereocenters. The summed E-state index contributed by atoms with van der Waals surface area (Å²) in [4.78, 5) is 23.9. The Balaban J connectivity index is 5.57. The second-order valence-electron chi connectivity index (χ2n) is 4.71. The number of hydrogen-bond acceptors (Lipinski definition) is 5. The fourth-order valence-electron chi connectivity index (χ4n) is 1.48. The zero-order valence-corrected chi connectivity index (χ0v) is 12.5. The van der Waals surface area contributed by atoms with Crippen LogP contribution in [-0.4, -0.2) is 36.9 Å². The fourth-order valence-corrected chi connectivity index (χ4v) is 1.48. The summed E-state index contributed by atoms with van der Waals surface area (Å²) in [5, 5.41) is 9.55. The average molecular weight is 280 g/mol. The third-order valence-corrected chi connectivity index (χ3v) is 2.50. The first-order valence-electron chi connectivity index (χ1n) is 6.02. The van der Waals surface area contributed by atoms with Crippen molar-refractivity contribution in [2.45, 2.75) is 39.2 Å². The second-order valence-corrected chi connectivity index (χ2v) is 4.71. The molecule has 0 saturated carbocycles. The molecule has 20 heavy (non-hydrogen) atoms. The zero-order chi connectivity index (χ0) is 15.8. The minimum absolute atomic E-state index is 0.0522. The van der Waals surface area contributed by atoms with Gasteiger partial charge in [-0.3, -0.25) is 9.59 Å². The van der Waals surface area contributed by atoms with Crippen LogP contribution in [0.3, 0.4) is 0 Å². The zero-order valence-electron chi connectivity index (χ0n) is 12.5. The Bertz CT molecular complexity index is 460. The van der Waals surface area contributed by atoms with Gasteiger partial charge in [-0.05, 0) is 20.8 Å². The van der Waals surface area contributed by atoms with Crippen molar-refractivity contribution in [3.63, 3.8) is 0 Å². The van der Waals surface area contributed by atoms with E-state index in [1.54, 1.807) is 6.92 Å². The third-order valence-electron chi connectivity index (χ3n) is 2.50. The van der Waals surface area contributed by atoms with Gasteiger partial charge in [0.1, 0.15) is 5.60 Å². The van der Waals surface area contributed by atoms with Gasteiger partial charge in [-0.15, -0.1) is 11.8 Å². The van der Waals surface area contributed by atoms with E-state index in [9.17, 15) is 14.7 Å². The summed E-state index contributed by atoms with van der Waals surface area (Å²) < 4.78 is 9.36. The normalized spacial score (nSPS) is 10.5. The van der Waals surface area contributed by atoms with Crippen LogP contribution in [0, 0.1) is 29.1 Å². The van der Waals surface area contributed by atoms with Crippen LogP contribution in [0.1, 0.15) is 33.6 Å². The lowest BCUT2D eigenvalue weighted by atomic mass is 9.81. The molecule has 0 aromatic carbocycles. The standard InChI is InChI=1S/C15H20O5/c1-6-7-10-15(12(16)19-4,13(17)20-5)11-8-9-14(2,3)18/h18H,10-11H2,1-5H3. The predicted molar refractivity (Wildman–Crippen MR) is 73.2 cm³/mol. The van der Waals surface area contributed by atoms with Gasteiger partial charge in [0.25, 0.3) is 0 Å². The minimum atomic E-state index is -1.59. The van der Waals surface area contributed by atoms with E-state index in [0.717, 1.165) is 0 Å². The van der Waals surface area contributed by atoms with Gasteiger partial charge in [0.05, 0.1) is 14.2 Å². The van der Waals surface area contributed by atoms with Crippen LogP contribution in [0.2, 0.25) is 0 Å². The topological polar surface area (TPSA) is 72.8 Å². The maximum absolute atomic E-state index is 12.0. The Labute approximate surface area is 119 Å². The van der Waals surface area contributed by atoms with Gasteiger partial charge in [0.15, 0.2) is 5.41 Å². The SMILES string of the molecule is CC#CCC(CC#CC(C)(C)O)(C(=O)OC)C(=O)OC. The Hall–Kier alpha value is -1.98. The summed E-state index contributed by atoms with van der Waals surface area (Å²) in [6, 6.07) is 0. The third kappa shape index (κ3) is 4.95. The summed E-state index contributed by atoms with van der Waals surface area (Å²) in [6.07, 6.45) is -0.186. The van der Waals surface area contributed by atoms with E-state index in [1.807, 2.05) is 0 Å². The summed E-state index contributed by atoms with van der Waals surface area (Å²) in [6.45, 7) is 4.61. The molecule has 0 aliphatic carbocycles. The lowest BCUT2D eigenvalue weighted by Gasteiger charge is -2.24. The van der Waals surface area contributed by atoms with E-state index in [0.29, 0.717) is 0 Å². The quantitative estimate of drug-likeness (QED) is 0.470. The average Bonchev–Trinajstić information content (AvgIpc) is 2.39. The molecule has 0 atom stereocenters. The summed E-state index contributed by atoms with van der Waals surface area (Å²) in [7, 11) is 2.37. The fraction of sp³-hybridized carbons (Fsp3) is 0.600. The van der Waals surface area contributed by atoms with E-state index in [-0.39, 0.29) is 12.8 Å². The van der Waals surface area contributed by atoms with Crippen LogP contribution in [0.15, 0.2) is 0 Å². The van der Waals surface area contributed by atoms with Crippen molar-refractivity contribution < 1.29 is 24.2 Å². The smallest absolute Gasteiger partial charge is 0.325 e. The Kier molecular flexibility index (Phi) is 6.82. The van der Waals surface area contributed by atoms with Crippen molar-refractivity contribution in [3.05, 3.63) is 0 Å². The highest BCUT2D eigenvalue weighted by molar-refractivity contribution is 6.00. The van der Waals surface area contributed by atoms with Crippen LogP contribution in [0.25, 0.3) is 0 Å². The van der Waals surface area contributed by atoms with Gasteiger partial charge < -0.3 is 14.6 Å². The molecule has 5 nitrogen and oxygen atoms in total. The highest BCUT2D eigenvalue weighted by atomic mass is 16.5. The number of carbonyl (C=O) groups excluding carboxylic acids is 2. The first-order valence-corrected chi connectivity index (χ1v) is 6.02. The van der Waals surface area contributed by atoms with Gasteiger partial charge in [-0.2, -0.15) is 0 Å². The molecule has 0 aromatic rings. The Morgan fingerprint density at radius 2 is 1.50 bits per heavy atom. The van der Waals surface area contributed by atoms with Crippen LogP contribution >= 0.6 is 0 Å². The molecular formula is C15H20O5. The Morgan fingerprint density at radius 3 is 1.85 bits per heavy atom. The molecule has 0 radical (unpaired) electrons. The van der Waals surface area contributed by atoms with Crippen LogP contribution in [0.4, 0.5) is 0 Å². The number of carbonyl (C=O) groups is 2. The van der Waals surface area contributed by atoms with Crippen molar-refractivity contribution in [1.29, 1.82) is 0 Å². The summed E-state index contributed by atoms with van der Waals surface area (Å²) >= 11 is 0. The number of hydrogen-bond donors (Lipinski definition) is 1. The molecule has 5 heteroatoms. The van der Waals surface area contributed by atoms with E-state index in [2.05, 4.69) is 33.2 Å². The molecule has 0 fully saturated rings. The lowest BCUT2D eigenvalue weighted by molar-refractivity contribution is -0.168. The number of methoxy groups -OCH3 is 2. The lowest BCUT2D eigenvalue weighted by Crippen LogP contribution is -2.41. The maximum atomic E-state index is 12.0. The number of esters is 2. The second kappa shape index (κ2) is 7.57. The number of rotatable bonds is 4. The van der Waals surface area contributed by atoms with Crippen molar-refractivity contribution in [2.24, 2.45) is 5.41 Å². The van der Waals surface area contributed by atoms with Gasteiger partial charge in [-0.25, -0.2) is 0 Å². The van der Waals surface area contributed by atoms with Crippen molar-refractivity contribution in [3.8, 4) is 23.7 Å². The molecule has 0 bridgehead atoms. The first-order chi connectivity index (χ1) is 9.23. The molecule has 0 rings (SSSR count). The Morgan fingerprint density at radius 1 is 1.05 bits per heavy atom. The van der Waals surface area contributed by atoms with E-state index in [1.165, 1.54) is 28.1 Å².